The van der Waals surface area contributed by atoms with Crippen molar-refractivity contribution < 1.29 is 14.3 Å². The third-order valence-corrected chi connectivity index (χ3v) is 8.64. The van der Waals surface area contributed by atoms with Gasteiger partial charge in [0.1, 0.15) is 5.78 Å². The first kappa shape index (κ1) is 17.0. The Labute approximate surface area is 146 Å². The topological polar surface area (TPSA) is 35.5 Å². The summed E-state index contributed by atoms with van der Waals surface area (Å²) in [7, 11) is 3.60. The van der Waals surface area contributed by atoms with Crippen LogP contribution in [-0.2, 0) is 14.3 Å². The van der Waals surface area contributed by atoms with E-state index in [9.17, 15) is 4.79 Å². The molecule has 0 aliphatic heterocycles. The molecule has 4 saturated carbocycles. The molecule has 0 aromatic heterocycles. The van der Waals surface area contributed by atoms with Crippen LogP contribution in [0.25, 0.3) is 0 Å². The molecule has 4 aliphatic carbocycles. The van der Waals surface area contributed by atoms with Gasteiger partial charge in [-0.2, -0.15) is 0 Å². The lowest BCUT2D eigenvalue weighted by molar-refractivity contribution is -0.247. The minimum absolute atomic E-state index is 0.00371. The lowest BCUT2D eigenvalue weighted by Crippen LogP contribution is -2.54. The van der Waals surface area contributed by atoms with Crippen molar-refractivity contribution >= 4 is 5.78 Å². The number of methoxy groups -OCH3 is 2. The van der Waals surface area contributed by atoms with E-state index in [4.69, 9.17) is 9.47 Å². The largest absolute Gasteiger partial charge is 0.353 e. The summed E-state index contributed by atoms with van der Waals surface area (Å²) < 4.78 is 11.5. The molecule has 4 fully saturated rings. The molecule has 4 aliphatic rings. The second kappa shape index (κ2) is 6.09. The highest BCUT2D eigenvalue weighted by Crippen LogP contribution is 2.61. The van der Waals surface area contributed by atoms with Crippen LogP contribution in [0, 0.1) is 35.0 Å². The molecule has 3 heteroatoms. The molecule has 0 saturated heterocycles. The maximum atomic E-state index is 12.6. The fraction of sp³-hybridized carbons (Fsp3) is 0.952. The number of fused-ring (bicyclic) bond motifs is 5. The highest BCUT2D eigenvalue weighted by Gasteiger charge is 2.56. The van der Waals surface area contributed by atoms with Gasteiger partial charge in [-0.1, -0.05) is 6.92 Å². The molecular weight excluding hydrogens is 300 g/mol. The predicted molar refractivity (Wildman–Crippen MR) is 93.5 cm³/mol. The van der Waals surface area contributed by atoms with E-state index in [1.165, 1.54) is 32.1 Å². The van der Waals surface area contributed by atoms with Gasteiger partial charge in [-0.15, -0.1) is 0 Å². The molecule has 0 spiro atoms. The molecule has 136 valence electrons. The monoisotopic (exact) mass is 334 g/mol. The van der Waals surface area contributed by atoms with E-state index in [2.05, 4.69) is 6.92 Å². The zero-order chi connectivity index (χ0) is 16.9. The Morgan fingerprint density at radius 1 is 0.917 bits per heavy atom. The number of hydrogen-bond acceptors (Lipinski definition) is 3. The zero-order valence-corrected chi connectivity index (χ0v) is 15.7. The fourth-order valence-electron chi connectivity index (χ4n) is 7.25. The smallest absolute Gasteiger partial charge is 0.167 e. The van der Waals surface area contributed by atoms with E-state index in [1.807, 2.05) is 0 Å². The maximum absolute atomic E-state index is 12.6. The average molecular weight is 335 g/mol. The van der Waals surface area contributed by atoms with Crippen LogP contribution >= 0.6 is 0 Å². The molecule has 24 heavy (non-hydrogen) atoms. The summed E-state index contributed by atoms with van der Waals surface area (Å²) in [6.07, 6.45) is 11.6. The molecule has 4 rings (SSSR count). The minimum atomic E-state index is -0.335. The van der Waals surface area contributed by atoms with E-state index in [0.717, 1.165) is 55.8 Å². The van der Waals surface area contributed by atoms with E-state index in [0.29, 0.717) is 11.7 Å². The number of carbonyl (C=O) groups excluding carboxylic acids is 1. The first-order valence-electron chi connectivity index (χ1n) is 10.2. The van der Waals surface area contributed by atoms with Crippen LogP contribution in [0.2, 0.25) is 0 Å². The number of rotatable bonds is 2. The first-order chi connectivity index (χ1) is 11.5. The van der Waals surface area contributed by atoms with Crippen molar-refractivity contribution in [2.24, 2.45) is 35.0 Å². The van der Waals surface area contributed by atoms with Crippen molar-refractivity contribution in [3.05, 3.63) is 0 Å². The molecule has 0 N–H and O–H groups in total. The summed E-state index contributed by atoms with van der Waals surface area (Å²) in [6, 6.07) is 0. The Hall–Kier alpha value is -0.410. The van der Waals surface area contributed by atoms with Gasteiger partial charge in [-0.25, -0.2) is 0 Å². The van der Waals surface area contributed by atoms with Gasteiger partial charge in [0.05, 0.1) is 0 Å². The lowest BCUT2D eigenvalue weighted by Gasteiger charge is -2.58. The standard InChI is InChI=1S/C21H34O3/c1-20-11-9-16-15-10-12-21(23-2,24-3)13-14(15)7-8-17(16)18(20)5-4-6-19(20)22/h14-18H,4-13H2,1-3H3/t14-,15+,16-,17-,18+,20+/m1/s1. The third kappa shape index (κ3) is 2.41. The van der Waals surface area contributed by atoms with Crippen molar-refractivity contribution in [2.45, 2.75) is 76.9 Å². The summed E-state index contributed by atoms with van der Waals surface area (Å²) in [6.45, 7) is 2.29. The molecule has 0 radical (unpaired) electrons. The van der Waals surface area contributed by atoms with Crippen LogP contribution in [0.15, 0.2) is 0 Å². The number of Topliss-reactive ketones (excluding diaryl/α,β-unsaturated/α-hetero) is 1. The van der Waals surface area contributed by atoms with Gasteiger partial charge < -0.3 is 9.47 Å². The van der Waals surface area contributed by atoms with Crippen molar-refractivity contribution in [3.63, 3.8) is 0 Å². The van der Waals surface area contributed by atoms with Crippen LogP contribution in [0.4, 0.5) is 0 Å². The molecule has 0 bridgehead atoms. The minimum Gasteiger partial charge on any atom is -0.353 e. The molecule has 0 aromatic rings. The summed E-state index contributed by atoms with van der Waals surface area (Å²) in [5, 5.41) is 0. The Kier molecular flexibility index (Phi) is 4.32. The van der Waals surface area contributed by atoms with Gasteiger partial charge in [-0.3, -0.25) is 4.79 Å². The third-order valence-electron chi connectivity index (χ3n) is 8.64. The van der Waals surface area contributed by atoms with Gasteiger partial charge in [0.2, 0.25) is 0 Å². The van der Waals surface area contributed by atoms with Gasteiger partial charge in [0, 0.05) is 38.9 Å². The molecule has 6 atom stereocenters. The van der Waals surface area contributed by atoms with Crippen LogP contribution in [0.3, 0.4) is 0 Å². The number of ether oxygens (including phenoxy) is 2. The van der Waals surface area contributed by atoms with Crippen molar-refractivity contribution in [3.8, 4) is 0 Å². The van der Waals surface area contributed by atoms with Gasteiger partial charge in [-0.05, 0) is 74.5 Å². The Bertz CT molecular complexity index is 497. The quantitative estimate of drug-likeness (QED) is 0.693. The maximum Gasteiger partial charge on any atom is 0.167 e. The summed E-state index contributed by atoms with van der Waals surface area (Å²) in [5.74, 6) is 4.13. The number of ketones is 1. The predicted octanol–water partition coefficient (Wildman–Crippen LogP) is 4.59. The lowest BCUT2D eigenvalue weighted by atomic mass is 9.47. The SMILES string of the molecule is COC1(OC)CC[C@H]2[C@H](CC[C@@H]3[C@@H]2CC[C@]2(C)C(=O)CCC[C@@H]32)C1. The normalized spacial score (nSPS) is 47.5. The van der Waals surface area contributed by atoms with Gasteiger partial charge >= 0.3 is 0 Å². The summed E-state index contributed by atoms with van der Waals surface area (Å²) in [5.41, 5.74) is 0.00371. The van der Waals surface area contributed by atoms with E-state index in [-0.39, 0.29) is 11.2 Å². The molecular formula is C21H34O3. The van der Waals surface area contributed by atoms with E-state index in [1.54, 1.807) is 14.2 Å². The number of carbonyl (C=O) groups is 1. The van der Waals surface area contributed by atoms with Crippen LogP contribution in [0.5, 0.6) is 0 Å². The summed E-state index contributed by atoms with van der Waals surface area (Å²) in [4.78, 5) is 12.6. The Morgan fingerprint density at radius 3 is 2.42 bits per heavy atom. The second-order valence-electron chi connectivity index (χ2n) is 9.27. The van der Waals surface area contributed by atoms with Crippen molar-refractivity contribution in [2.75, 3.05) is 14.2 Å². The first-order valence-corrected chi connectivity index (χ1v) is 10.2. The average Bonchev–Trinajstić information content (AvgIpc) is 2.61. The highest BCUT2D eigenvalue weighted by atomic mass is 16.7. The van der Waals surface area contributed by atoms with Gasteiger partial charge in [0.15, 0.2) is 5.79 Å². The Morgan fingerprint density at radius 2 is 1.67 bits per heavy atom. The van der Waals surface area contributed by atoms with Crippen LogP contribution in [-0.4, -0.2) is 25.8 Å². The molecule has 0 heterocycles. The highest BCUT2D eigenvalue weighted by molar-refractivity contribution is 5.85. The zero-order valence-electron chi connectivity index (χ0n) is 15.7. The van der Waals surface area contributed by atoms with Crippen molar-refractivity contribution in [1.29, 1.82) is 0 Å². The molecule has 0 unspecified atom stereocenters. The van der Waals surface area contributed by atoms with Crippen molar-refractivity contribution in [1.82, 2.24) is 0 Å². The van der Waals surface area contributed by atoms with Gasteiger partial charge in [0.25, 0.3) is 0 Å². The van der Waals surface area contributed by atoms with E-state index < -0.39 is 0 Å². The fourth-order valence-corrected chi connectivity index (χ4v) is 7.25. The number of hydrogen-bond donors (Lipinski definition) is 0. The van der Waals surface area contributed by atoms with Crippen LogP contribution < -0.4 is 0 Å². The Balaban J connectivity index is 1.54. The van der Waals surface area contributed by atoms with Crippen LogP contribution in [0.1, 0.15) is 71.1 Å². The summed E-state index contributed by atoms with van der Waals surface area (Å²) >= 11 is 0. The molecule has 3 nitrogen and oxygen atoms in total. The second-order valence-corrected chi connectivity index (χ2v) is 9.27. The van der Waals surface area contributed by atoms with E-state index >= 15 is 0 Å². The molecule has 0 aromatic carbocycles. The molecule has 0 amide bonds.